The number of benzene rings is 1. The molecule has 0 radical (unpaired) electrons. The standard InChI is InChI=1S/C12H15NO2.CO2/c1-8-10(7-13-12(8)14)9-5-3-4-6-11(9)15-2;2-1-3/h3-6,8,10H,7H2,1-2H3,(H,13,14);/t8-,10+;/m1./s1. The molecule has 18 heavy (non-hydrogen) atoms. The highest BCUT2D eigenvalue weighted by Gasteiger charge is 2.33. The molecule has 0 saturated carbocycles. The van der Waals surface area contributed by atoms with Gasteiger partial charge in [-0.2, -0.15) is 9.59 Å². The van der Waals surface area contributed by atoms with Crippen LogP contribution in [0.25, 0.3) is 0 Å². The van der Waals surface area contributed by atoms with E-state index in [2.05, 4.69) is 5.32 Å². The average molecular weight is 249 g/mol. The van der Waals surface area contributed by atoms with Gasteiger partial charge in [-0.25, -0.2) is 0 Å². The summed E-state index contributed by atoms with van der Waals surface area (Å²) in [6, 6.07) is 7.88. The zero-order valence-electron chi connectivity index (χ0n) is 10.3. The minimum absolute atomic E-state index is 0.0290. The van der Waals surface area contributed by atoms with Crippen molar-refractivity contribution in [3.8, 4) is 5.75 Å². The van der Waals surface area contributed by atoms with E-state index in [4.69, 9.17) is 14.3 Å². The van der Waals surface area contributed by atoms with Crippen LogP contribution in [0.4, 0.5) is 0 Å². The second kappa shape index (κ2) is 6.57. The van der Waals surface area contributed by atoms with Crippen molar-refractivity contribution in [1.29, 1.82) is 0 Å². The van der Waals surface area contributed by atoms with Crippen molar-refractivity contribution in [3.05, 3.63) is 29.8 Å². The minimum Gasteiger partial charge on any atom is -0.496 e. The van der Waals surface area contributed by atoms with Gasteiger partial charge in [0.15, 0.2) is 0 Å². The first-order chi connectivity index (χ1) is 8.65. The topological polar surface area (TPSA) is 72.5 Å². The van der Waals surface area contributed by atoms with Gasteiger partial charge in [-0.1, -0.05) is 25.1 Å². The second-order valence-electron chi connectivity index (χ2n) is 3.97. The number of para-hydroxylation sites is 1. The lowest BCUT2D eigenvalue weighted by molar-refractivity contribution is -0.191. The Balaban J connectivity index is 0.000000492. The van der Waals surface area contributed by atoms with Crippen LogP contribution in [-0.4, -0.2) is 25.7 Å². The summed E-state index contributed by atoms with van der Waals surface area (Å²) in [7, 11) is 1.66. The largest absolute Gasteiger partial charge is 0.496 e. The summed E-state index contributed by atoms with van der Waals surface area (Å²) >= 11 is 0. The molecule has 1 aliphatic rings. The zero-order valence-corrected chi connectivity index (χ0v) is 10.3. The summed E-state index contributed by atoms with van der Waals surface area (Å²) in [4.78, 5) is 27.7. The fourth-order valence-electron chi connectivity index (χ4n) is 2.08. The van der Waals surface area contributed by atoms with Crippen molar-refractivity contribution >= 4 is 12.1 Å². The maximum Gasteiger partial charge on any atom is 0.373 e. The first kappa shape index (κ1) is 13.9. The number of nitrogens with one attached hydrogen (secondary N) is 1. The Bertz CT molecular complexity index is 452. The van der Waals surface area contributed by atoms with Crippen LogP contribution in [0.1, 0.15) is 18.4 Å². The van der Waals surface area contributed by atoms with Crippen LogP contribution >= 0.6 is 0 Å². The molecule has 1 amide bonds. The summed E-state index contributed by atoms with van der Waals surface area (Å²) in [5.74, 6) is 1.26. The summed E-state index contributed by atoms with van der Waals surface area (Å²) in [5.41, 5.74) is 1.12. The minimum atomic E-state index is 0.0290. The van der Waals surface area contributed by atoms with E-state index in [-0.39, 0.29) is 23.9 Å². The number of carbonyl (C=O) groups excluding carboxylic acids is 3. The van der Waals surface area contributed by atoms with E-state index in [1.165, 1.54) is 0 Å². The van der Waals surface area contributed by atoms with Crippen LogP contribution in [0.2, 0.25) is 0 Å². The van der Waals surface area contributed by atoms with Gasteiger partial charge >= 0.3 is 6.15 Å². The fraction of sp³-hybridized carbons (Fsp3) is 0.385. The maximum absolute atomic E-state index is 11.4. The molecule has 1 fully saturated rings. The summed E-state index contributed by atoms with van der Waals surface area (Å²) < 4.78 is 5.30. The lowest BCUT2D eigenvalue weighted by Crippen LogP contribution is -2.16. The van der Waals surface area contributed by atoms with Gasteiger partial charge in [-0.15, -0.1) is 0 Å². The van der Waals surface area contributed by atoms with Crippen LogP contribution in [0.5, 0.6) is 5.75 Å². The van der Waals surface area contributed by atoms with Gasteiger partial charge in [0.25, 0.3) is 0 Å². The van der Waals surface area contributed by atoms with Gasteiger partial charge in [0.2, 0.25) is 5.91 Å². The van der Waals surface area contributed by atoms with E-state index in [1.807, 2.05) is 31.2 Å². The Morgan fingerprint density at radius 1 is 1.33 bits per heavy atom. The first-order valence-corrected chi connectivity index (χ1v) is 5.55. The molecular formula is C13H15NO4. The van der Waals surface area contributed by atoms with Crippen molar-refractivity contribution in [2.24, 2.45) is 5.92 Å². The average Bonchev–Trinajstić information content (AvgIpc) is 2.71. The molecule has 0 aromatic heterocycles. The third-order valence-corrected chi connectivity index (χ3v) is 3.05. The van der Waals surface area contributed by atoms with Crippen LogP contribution in [-0.2, 0) is 14.4 Å². The lowest BCUT2D eigenvalue weighted by atomic mass is 9.89. The number of hydrogen-bond donors (Lipinski definition) is 1. The van der Waals surface area contributed by atoms with E-state index in [9.17, 15) is 4.79 Å². The molecule has 1 aromatic rings. The zero-order chi connectivity index (χ0) is 13.5. The number of methoxy groups -OCH3 is 1. The van der Waals surface area contributed by atoms with Crippen LogP contribution in [0.15, 0.2) is 24.3 Å². The van der Waals surface area contributed by atoms with Crippen LogP contribution in [0, 0.1) is 5.92 Å². The molecule has 96 valence electrons. The molecule has 2 atom stereocenters. The first-order valence-electron chi connectivity index (χ1n) is 5.55. The predicted octanol–water partition coefficient (Wildman–Crippen LogP) is 0.961. The molecule has 0 unspecified atom stereocenters. The molecule has 1 saturated heterocycles. The molecule has 0 aliphatic carbocycles. The number of amides is 1. The molecule has 1 aromatic carbocycles. The Morgan fingerprint density at radius 2 is 1.94 bits per heavy atom. The smallest absolute Gasteiger partial charge is 0.373 e. The number of hydrogen-bond acceptors (Lipinski definition) is 4. The molecule has 1 N–H and O–H groups in total. The van der Waals surface area contributed by atoms with Crippen molar-refractivity contribution in [2.45, 2.75) is 12.8 Å². The van der Waals surface area contributed by atoms with Crippen molar-refractivity contribution in [2.75, 3.05) is 13.7 Å². The Labute approximate surface area is 105 Å². The van der Waals surface area contributed by atoms with Gasteiger partial charge in [-0.05, 0) is 11.6 Å². The molecular weight excluding hydrogens is 234 g/mol. The quantitative estimate of drug-likeness (QED) is 0.847. The van der Waals surface area contributed by atoms with Gasteiger partial charge < -0.3 is 10.1 Å². The SMILES string of the molecule is COc1ccccc1[C@H]1CNC(=O)[C@@H]1C.O=C=O. The fourth-order valence-corrected chi connectivity index (χ4v) is 2.08. The molecule has 1 heterocycles. The molecule has 5 nitrogen and oxygen atoms in total. The molecule has 0 spiro atoms. The van der Waals surface area contributed by atoms with E-state index in [1.54, 1.807) is 7.11 Å². The second-order valence-corrected chi connectivity index (χ2v) is 3.97. The van der Waals surface area contributed by atoms with Gasteiger partial charge in [0, 0.05) is 18.4 Å². The number of carbonyl (C=O) groups is 1. The number of ether oxygens (including phenoxy) is 1. The summed E-state index contributed by atoms with van der Waals surface area (Å²) in [6.07, 6.45) is 0.250. The van der Waals surface area contributed by atoms with Gasteiger partial charge in [0.05, 0.1) is 7.11 Å². The van der Waals surface area contributed by atoms with Crippen molar-refractivity contribution in [1.82, 2.24) is 5.32 Å². The summed E-state index contributed by atoms with van der Waals surface area (Å²) in [5, 5.41) is 2.87. The summed E-state index contributed by atoms with van der Waals surface area (Å²) in [6.45, 7) is 2.67. The normalized spacial score (nSPS) is 21.3. The highest BCUT2D eigenvalue weighted by molar-refractivity contribution is 5.82. The van der Waals surface area contributed by atoms with E-state index in [0.29, 0.717) is 6.54 Å². The van der Waals surface area contributed by atoms with E-state index < -0.39 is 0 Å². The lowest BCUT2D eigenvalue weighted by Gasteiger charge is -2.16. The third kappa shape index (κ3) is 2.96. The molecule has 2 rings (SSSR count). The maximum atomic E-state index is 11.4. The highest BCUT2D eigenvalue weighted by Crippen LogP contribution is 2.34. The highest BCUT2D eigenvalue weighted by atomic mass is 16.5. The molecule has 5 heteroatoms. The van der Waals surface area contributed by atoms with Crippen molar-refractivity contribution in [3.63, 3.8) is 0 Å². The van der Waals surface area contributed by atoms with E-state index >= 15 is 0 Å². The van der Waals surface area contributed by atoms with Gasteiger partial charge in [-0.3, -0.25) is 4.79 Å². The van der Waals surface area contributed by atoms with Crippen LogP contribution in [0.3, 0.4) is 0 Å². The van der Waals surface area contributed by atoms with Crippen molar-refractivity contribution < 1.29 is 19.1 Å². The van der Waals surface area contributed by atoms with Crippen LogP contribution < -0.4 is 10.1 Å². The predicted molar refractivity (Wildman–Crippen MR) is 62.9 cm³/mol. The Morgan fingerprint density at radius 3 is 2.44 bits per heavy atom. The number of rotatable bonds is 2. The monoisotopic (exact) mass is 249 g/mol. The van der Waals surface area contributed by atoms with E-state index in [0.717, 1.165) is 11.3 Å². The van der Waals surface area contributed by atoms with Gasteiger partial charge in [0.1, 0.15) is 5.75 Å². The third-order valence-electron chi connectivity index (χ3n) is 3.05. The molecule has 0 bridgehead atoms. The Hall–Kier alpha value is -2.13. The molecule has 1 aliphatic heterocycles. The Kier molecular flexibility index (Phi) is 5.08.